The first kappa shape index (κ1) is 19.2. The van der Waals surface area contributed by atoms with Crippen molar-refractivity contribution < 1.29 is 23.1 Å². The number of rotatable bonds is 2. The average Bonchev–Trinajstić information content (AvgIpc) is 3.26. The van der Waals surface area contributed by atoms with Gasteiger partial charge in [-0.1, -0.05) is 18.2 Å². The summed E-state index contributed by atoms with van der Waals surface area (Å²) in [5.74, 6) is -1.43. The molecule has 7 heteroatoms. The molecule has 156 valence electrons. The van der Waals surface area contributed by atoms with E-state index in [4.69, 9.17) is 4.74 Å². The Morgan fingerprint density at radius 1 is 1.03 bits per heavy atom. The minimum atomic E-state index is -0.768. The highest BCUT2D eigenvalue weighted by atomic mass is 19.1. The third-order valence-electron chi connectivity index (χ3n) is 6.61. The molecule has 2 aromatic rings. The Morgan fingerprint density at radius 2 is 1.70 bits per heavy atom. The Labute approximate surface area is 173 Å². The molecule has 0 aromatic heterocycles. The molecule has 0 aliphatic carbocycles. The van der Waals surface area contributed by atoms with Crippen LogP contribution in [0.15, 0.2) is 48.5 Å². The van der Waals surface area contributed by atoms with E-state index >= 15 is 0 Å². The van der Waals surface area contributed by atoms with E-state index in [1.54, 1.807) is 21.9 Å². The smallest absolute Gasteiger partial charge is 0.253 e. The van der Waals surface area contributed by atoms with Gasteiger partial charge in [-0.2, -0.15) is 0 Å². The summed E-state index contributed by atoms with van der Waals surface area (Å²) in [6.45, 7) is 1.38. The number of carbonyl (C=O) groups excluding carboxylic acids is 2. The van der Waals surface area contributed by atoms with Crippen molar-refractivity contribution >= 4 is 11.8 Å². The average molecular weight is 412 g/mol. The van der Waals surface area contributed by atoms with Crippen molar-refractivity contribution in [1.82, 2.24) is 9.80 Å². The van der Waals surface area contributed by atoms with E-state index in [2.05, 4.69) is 0 Å². The molecule has 0 saturated carbocycles. The van der Waals surface area contributed by atoms with Gasteiger partial charge in [-0.05, 0) is 43.5 Å². The highest BCUT2D eigenvalue weighted by molar-refractivity contribution is 5.94. The van der Waals surface area contributed by atoms with Gasteiger partial charge in [0.1, 0.15) is 11.6 Å². The SMILES string of the molecule is O=C(c1ccccc1)N1CCC2(CC1)CC1COC(c3cc(F)cc(F)c3)N1C2=O. The number of likely N-dealkylation sites (tertiary alicyclic amines) is 1. The number of piperidine rings is 1. The van der Waals surface area contributed by atoms with Gasteiger partial charge in [0.05, 0.1) is 18.1 Å². The maximum atomic E-state index is 13.7. The number of hydrogen-bond donors (Lipinski definition) is 0. The predicted molar refractivity (Wildman–Crippen MR) is 104 cm³/mol. The summed E-state index contributed by atoms with van der Waals surface area (Å²) in [5, 5.41) is 0. The molecule has 5 nitrogen and oxygen atoms in total. The van der Waals surface area contributed by atoms with E-state index in [9.17, 15) is 18.4 Å². The Morgan fingerprint density at radius 3 is 2.37 bits per heavy atom. The molecule has 0 radical (unpaired) electrons. The molecular weight excluding hydrogens is 390 g/mol. The lowest BCUT2D eigenvalue weighted by molar-refractivity contribution is -0.144. The maximum Gasteiger partial charge on any atom is 0.253 e. The second-order valence-corrected chi connectivity index (χ2v) is 8.40. The van der Waals surface area contributed by atoms with Crippen molar-refractivity contribution in [2.75, 3.05) is 19.7 Å². The molecule has 0 N–H and O–H groups in total. The molecule has 0 bridgehead atoms. The van der Waals surface area contributed by atoms with Crippen molar-refractivity contribution in [2.45, 2.75) is 31.5 Å². The van der Waals surface area contributed by atoms with Gasteiger partial charge in [0.2, 0.25) is 5.91 Å². The number of halogens is 2. The molecule has 3 fully saturated rings. The zero-order valence-electron chi connectivity index (χ0n) is 16.4. The number of ether oxygens (including phenoxy) is 1. The second kappa shape index (κ2) is 7.16. The quantitative estimate of drug-likeness (QED) is 0.759. The molecule has 3 aliphatic rings. The molecule has 2 aromatic carbocycles. The number of amides is 2. The highest BCUT2D eigenvalue weighted by Gasteiger charge is 2.57. The van der Waals surface area contributed by atoms with E-state index in [0.717, 1.165) is 6.07 Å². The van der Waals surface area contributed by atoms with Crippen LogP contribution in [0.1, 0.15) is 41.4 Å². The zero-order chi connectivity index (χ0) is 20.9. The van der Waals surface area contributed by atoms with Crippen LogP contribution in [-0.4, -0.2) is 47.4 Å². The monoisotopic (exact) mass is 412 g/mol. The van der Waals surface area contributed by atoms with E-state index in [1.807, 2.05) is 18.2 Å². The second-order valence-electron chi connectivity index (χ2n) is 8.40. The number of hydrogen-bond acceptors (Lipinski definition) is 3. The van der Waals surface area contributed by atoms with Gasteiger partial charge in [0, 0.05) is 30.3 Å². The normalized spacial score (nSPS) is 25.1. The van der Waals surface area contributed by atoms with Crippen molar-refractivity contribution in [1.29, 1.82) is 0 Å². The van der Waals surface area contributed by atoms with Crippen LogP contribution in [-0.2, 0) is 9.53 Å². The molecule has 3 aliphatic heterocycles. The first-order valence-corrected chi connectivity index (χ1v) is 10.2. The van der Waals surface area contributed by atoms with Crippen LogP contribution in [0.5, 0.6) is 0 Å². The Kier molecular flexibility index (Phi) is 4.58. The number of nitrogens with zero attached hydrogens (tertiary/aromatic N) is 2. The van der Waals surface area contributed by atoms with Gasteiger partial charge in [-0.15, -0.1) is 0 Å². The van der Waals surface area contributed by atoms with Gasteiger partial charge in [0.15, 0.2) is 6.23 Å². The summed E-state index contributed by atoms with van der Waals surface area (Å²) >= 11 is 0. The molecule has 1 spiro atoms. The first-order valence-electron chi connectivity index (χ1n) is 10.2. The molecule has 30 heavy (non-hydrogen) atoms. The lowest BCUT2D eigenvalue weighted by Gasteiger charge is -2.38. The summed E-state index contributed by atoms with van der Waals surface area (Å²) in [7, 11) is 0. The number of benzene rings is 2. The fourth-order valence-electron chi connectivity index (χ4n) is 5.09. The minimum absolute atomic E-state index is 0.0205. The van der Waals surface area contributed by atoms with E-state index in [-0.39, 0.29) is 17.9 Å². The van der Waals surface area contributed by atoms with Gasteiger partial charge >= 0.3 is 0 Å². The fourth-order valence-corrected chi connectivity index (χ4v) is 5.09. The Bertz CT molecular complexity index is 969. The van der Waals surface area contributed by atoms with Crippen LogP contribution in [0.3, 0.4) is 0 Å². The summed E-state index contributed by atoms with van der Waals surface area (Å²) < 4.78 is 33.1. The topological polar surface area (TPSA) is 49.9 Å². The fraction of sp³-hybridized carbons (Fsp3) is 0.391. The summed E-state index contributed by atoms with van der Waals surface area (Å²) in [5.41, 5.74) is 0.428. The van der Waals surface area contributed by atoms with Gasteiger partial charge < -0.3 is 14.5 Å². The van der Waals surface area contributed by atoms with E-state index < -0.39 is 23.3 Å². The van der Waals surface area contributed by atoms with Crippen molar-refractivity contribution in [3.63, 3.8) is 0 Å². The molecule has 3 heterocycles. The molecular formula is C23H22F2N2O3. The lowest BCUT2D eigenvalue weighted by atomic mass is 9.76. The standard InChI is InChI=1S/C23H22F2N2O3/c24-17-10-16(11-18(25)12-17)21-27-19(14-30-21)13-23(22(27)29)6-8-26(9-7-23)20(28)15-4-2-1-3-5-15/h1-5,10-12,19,21H,6-9,13-14H2. The minimum Gasteiger partial charge on any atom is -0.352 e. The van der Waals surface area contributed by atoms with Crippen molar-refractivity contribution in [3.8, 4) is 0 Å². The van der Waals surface area contributed by atoms with Crippen LogP contribution in [0, 0.1) is 17.0 Å². The van der Waals surface area contributed by atoms with Crippen molar-refractivity contribution in [2.24, 2.45) is 5.41 Å². The van der Waals surface area contributed by atoms with Gasteiger partial charge in [-0.25, -0.2) is 8.78 Å². The largest absolute Gasteiger partial charge is 0.352 e. The third kappa shape index (κ3) is 3.08. The van der Waals surface area contributed by atoms with Crippen LogP contribution >= 0.6 is 0 Å². The van der Waals surface area contributed by atoms with Crippen LogP contribution < -0.4 is 0 Å². The van der Waals surface area contributed by atoms with E-state index in [0.29, 0.717) is 50.1 Å². The van der Waals surface area contributed by atoms with Gasteiger partial charge in [-0.3, -0.25) is 9.59 Å². The number of fused-ring (bicyclic) bond motifs is 1. The predicted octanol–water partition coefficient (Wildman–Crippen LogP) is 3.52. The Hall–Kier alpha value is -2.80. The van der Waals surface area contributed by atoms with Crippen LogP contribution in [0.25, 0.3) is 0 Å². The highest BCUT2D eigenvalue weighted by Crippen LogP contribution is 2.50. The van der Waals surface area contributed by atoms with Crippen LogP contribution in [0.4, 0.5) is 8.78 Å². The molecule has 2 unspecified atom stereocenters. The lowest BCUT2D eigenvalue weighted by Crippen LogP contribution is -2.47. The molecule has 2 amide bonds. The molecule has 2 atom stereocenters. The third-order valence-corrected chi connectivity index (χ3v) is 6.61. The zero-order valence-corrected chi connectivity index (χ0v) is 16.4. The first-order chi connectivity index (χ1) is 14.5. The maximum absolute atomic E-state index is 13.7. The van der Waals surface area contributed by atoms with Crippen LogP contribution in [0.2, 0.25) is 0 Å². The molecule has 3 saturated heterocycles. The summed E-state index contributed by atoms with van der Waals surface area (Å²) in [6.07, 6.45) is 1.05. The number of carbonyl (C=O) groups is 2. The van der Waals surface area contributed by atoms with E-state index in [1.165, 1.54) is 12.1 Å². The van der Waals surface area contributed by atoms with Gasteiger partial charge in [0.25, 0.3) is 5.91 Å². The van der Waals surface area contributed by atoms with Crippen molar-refractivity contribution in [3.05, 3.63) is 71.3 Å². The summed E-state index contributed by atoms with van der Waals surface area (Å²) in [4.78, 5) is 29.6. The molecule has 5 rings (SSSR count). The Balaban J connectivity index is 1.32. The summed E-state index contributed by atoms with van der Waals surface area (Å²) in [6, 6.07) is 12.3.